The van der Waals surface area contributed by atoms with E-state index in [1.165, 1.54) is 54.9 Å². The molecule has 0 atom stereocenters. The van der Waals surface area contributed by atoms with Crippen LogP contribution in [-0.2, 0) is 0 Å². The molecule has 0 saturated carbocycles. The molecule has 0 fully saturated rings. The first kappa shape index (κ1) is 23.5. The highest BCUT2D eigenvalue weighted by Crippen LogP contribution is 2.49. The summed E-state index contributed by atoms with van der Waals surface area (Å²) in [5.41, 5.74) is 9.63. The number of para-hydroxylation sites is 2. The highest BCUT2D eigenvalue weighted by Gasteiger charge is 2.23. The lowest BCUT2D eigenvalue weighted by atomic mass is 9.81. The van der Waals surface area contributed by atoms with E-state index in [1.54, 1.807) is 0 Å². The van der Waals surface area contributed by atoms with Crippen molar-refractivity contribution in [1.29, 1.82) is 0 Å². The van der Waals surface area contributed by atoms with Crippen LogP contribution >= 0.6 is 0 Å². The van der Waals surface area contributed by atoms with Crippen molar-refractivity contribution in [1.82, 2.24) is 0 Å². The molecule has 0 bridgehead atoms. The molecule has 0 amide bonds. The van der Waals surface area contributed by atoms with Crippen LogP contribution < -0.4 is 9.47 Å². The monoisotopic (exact) mass is 506 g/mol. The zero-order valence-corrected chi connectivity index (χ0v) is 22.3. The van der Waals surface area contributed by atoms with Gasteiger partial charge in [-0.1, -0.05) is 84.9 Å². The maximum absolute atomic E-state index is 6.42. The fraction of sp³-hybridized carbons (Fsp3) is 0.135. The van der Waals surface area contributed by atoms with Gasteiger partial charge in [0.15, 0.2) is 0 Å². The first-order valence-electron chi connectivity index (χ1n) is 13.7. The minimum atomic E-state index is 0.594. The van der Waals surface area contributed by atoms with Crippen LogP contribution in [0.4, 0.5) is 0 Å². The van der Waals surface area contributed by atoms with Crippen LogP contribution in [0, 0.1) is 13.8 Å². The summed E-state index contributed by atoms with van der Waals surface area (Å²) in [6, 6.07) is 39.1. The van der Waals surface area contributed by atoms with Crippen molar-refractivity contribution in [2.75, 3.05) is 13.2 Å². The third-order valence-corrected chi connectivity index (χ3v) is 8.02. The predicted octanol–water partition coefficient (Wildman–Crippen LogP) is 9.77. The highest BCUT2D eigenvalue weighted by molar-refractivity contribution is 6.07. The topological polar surface area (TPSA) is 18.5 Å². The Kier molecular flexibility index (Phi) is 5.82. The summed E-state index contributed by atoms with van der Waals surface area (Å²) in [6.45, 7) is 5.69. The molecule has 6 aromatic carbocycles. The molecule has 0 aromatic heterocycles. The molecule has 1 heterocycles. The van der Waals surface area contributed by atoms with E-state index in [2.05, 4.69) is 123 Å². The molecule has 0 saturated heterocycles. The Morgan fingerprint density at radius 1 is 0.462 bits per heavy atom. The lowest BCUT2D eigenvalue weighted by molar-refractivity contribution is 0.248. The molecule has 0 unspecified atom stereocenters. The van der Waals surface area contributed by atoms with Gasteiger partial charge in [-0.2, -0.15) is 0 Å². The second kappa shape index (κ2) is 9.63. The van der Waals surface area contributed by atoms with Crippen LogP contribution in [0.1, 0.15) is 17.5 Å². The Bertz CT molecular complexity index is 1730. The lowest BCUT2D eigenvalue weighted by Gasteiger charge is -2.23. The first-order chi connectivity index (χ1) is 19.2. The van der Waals surface area contributed by atoms with Gasteiger partial charge in [-0.25, -0.2) is 0 Å². The van der Waals surface area contributed by atoms with E-state index < -0.39 is 0 Å². The second-order valence-electron chi connectivity index (χ2n) is 10.3. The maximum atomic E-state index is 6.42. The van der Waals surface area contributed by atoms with Gasteiger partial charge in [-0.3, -0.25) is 0 Å². The van der Waals surface area contributed by atoms with Crippen molar-refractivity contribution in [2.45, 2.75) is 20.3 Å². The summed E-state index contributed by atoms with van der Waals surface area (Å²) in [5.74, 6) is 1.82. The average Bonchev–Trinajstić information content (AvgIpc) is 2.98. The van der Waals surface area contributed by atoms with E-state index in [1.807, 2.05) is 0 Å². The minimum absolute atomic E-state index is 0.594. The van der Waals surface area contributed by atoms with Gasteiger partial charge < -0.3 is 9.47 Å². The number of rotatable bonds is 0. The third kappa shape index (κ3) is 3.95. The molecule has 0 radical (unpaired) electrons. The van der Waals surface area contributed by atoms with Crippen molar-refractivity contribution in [3.05, 3.63) is 120 Å². The molecule has 0 N–H and O–H groups in total. The van der Waals surface area contributed by atoms with E-state index in [0.29, 0.717) is 13.2 Å². The van der Waals surface area contributed by atoms with E-state index in [-0.39, 0.29) is 0 Å². The Balaban J connectivity index is 1.69. The molecule has 39 heavy (non-hydrogen) atoms. The summed E-state index contributed by atoms with van der Waals surface area (Å²) < 4.78 is 12.8. The number of hydrogen-bond donors (Lipinski definition) is 0. The highest BCUT2D eigenvalue weighted by atomic mass is 16.5. The SMILES string of the molecule is Cc1c2c(cc3ccccc13)-c1cc3ccccc3c(C)c1-c1ccccc1OCCCOc1ccccc1-2. The van der Waals surface area contributed by atoms with Crippen LogP contribution in [-0.4, -0.2) is 13.2 Å². The molecule has 7 rings (SSSR count). The van der Waals surface area contributed by atoms with Crippen molar-refractivity contribution >= 4 is 21.5 Å². The molecule has 1 aliphatic rings. The predicted molar refractivity (Wildman–Crippen MR) is 163 cm³/mol. The van der Waals surface area contributed by atoms with Gasteiger partial charge in [0.2, 0.25) is 0 Å². The van der Waals surface area contributed by atoms with E-state index in [4.69, 9.17) is 9.47 Å². The van der Waals surface area contributed by atoms with Gasteiger partial charge >= 0.3 is 0 Å². The summed E-state index contributed by atoms with van der Waals surface area (Å²) >= 11 is 0. The van der Waals surface area contributed by atoms with Gasteiger partial charge in [-0.05, 0) is 93.0 Å². The fourth-order valence-corrected chi connectivity index (χ4v) is 6.20. The zero-order chi connectivity index (χ0) is 26.3. The van der Waals surface area contributed by atoms with Crippen LogP contribution in [0.2, 0.25) is 0 Å². The quantitative estimate of drug-likeness (QED) is 0.204. The Labute approximate surface area is 229 Å². The molecule has 190 valence electrons. The zero-order valence-electron chi connectivity index (χ0n) is 22.3. The molecule has 2 heteroatoms. The summed E-state index contributed by atoms with van der Waals surface area (Å²) in [4.78, 5) is 0. The fourth-order valence-electron chi connectivity index (χ4n) is 6.20. The number of hydrogen-bond acceptors (Lipinski definition) is 2. The van der Waals surface area contributed by atoms with Crippen LogP contribution in [0.3, 0.4) is 0 Å². The van der Waals surface area contributed by atoms with Gasteiger partial charge in [0.05, 0.1) is 13.2 Å². The van der Waals surface area contributed by atoms with Crippen molar-refractivity contribution in [3.8, 4) is 44.9 Å². The van der Waals surface area contributed by atoms with Gasteiger partial charge in [-0.15, -0.1) is 0 Å². The van der Waals surface area contributed by atoms with Crippen LogP contribution in [0.25, 0.3) is 54.9 Å². The summed E-state index contributed by atoms with van der Waals surface area (Å²) in [6.07, 6.45) is 0.801. The van der Waals surface area contributed by atoms with Crippen molar-refractivity contribution in [3.63, 3.8) is 0 Å². The molecule has 0 aliphatic carbocycles. The third-order valence-electron chi connectivity index (χ3n) is 8.02. The Hall–Kier alpha value is -4.56. The molecule has 6 aromatic rings. The molecular weight excluding hydrogens is 476 g/mol. The van der Waals surface area contributed by atoms with Gasteiger partial charge in [0.1, 0.15) is 11.5 Å². The molecular formula is C37H30O2. The molecule has 2 nitrogen and oxygen atoms in total. The lowest BCUT2D eigenvalue weighted by Crippen LogP contribution is -2.06. The number of aryl methyl sites for hydroxylation is 2. The minimum Gasteiger partial charge on any atom is -0.493 e. The number of fused-ring (bicyclic) bond motifs is 9. The average molecular weight is 507 g/mol. The van der Waals surface area contributed by atoms with Crippen molar-refractivity contribution in [2.24, 2.45) is 0 Å². The Morgan fingerprint density at radius 3 is 1.36 bits per heavy atom. The van der Waals surface area contributed by atoms with Gasteiger partial charge in [0.25, 0.3) is 0 Å². The number of ether oxygens (including phenoxy) is 2. The van der Waals surface area contributed by atoms with Gasteiger partial charge in [0, 0.05) is 17.5 Å². The summed E-state index contributed by atoms with van der Waals surface area (Å²) in [7, 11) is 0. The normalized spacial score (nSPS) is 13.0. The summed E-state index contributed by atoms with van der Waals surface area (Å²) in [5, 5.41) is 4.99. The number of benzene rings is 6. The second-order valence-corrected chi connectivity index (χ2v) is 10.3. The largest absolute Gasteiger partial charge is 0.493 e. The first-order valence-corrected chi connectivity index (χ1v) is 13.7. The van der Waals surface area contributed by atoms with Crippen LogP contribution in [0.5, 0.6) is 11.5 Å². The van der Waals surface area contributed by atoms with E-state index in [9.17, 15) is 0 Å². The van der Waals surface area contributed by atoms with E-state index in [0.717, 1.165) is 29.0 Å². The maximum Gasteiger partial charge on any atom is 0.127 e. The Morgan fingerprint density at radius 2 is 0.872 bits per heavy atom. The van der Waals surface area contributed by atoms with Crippen molar-refractivity contribution < 1.29 is 9.47 Å². The molecule has 1 aliphatic heterocycles. The molecule has 0 spiro atoms. The van der Waals surface area contributed by atoms with E-state index >= 15 is 0 Å². The van der Waals surface area contributed by atoms with Crippen LogP contribution in [0.15, 0.2) is 109 Å². The standard InChI is InChI=1S/C37H30O2/c1-24-28-14-5-3-12-26(28)22-32-33-23-27-13-4-6-15-29(27)25(2)37(33)31-17-8-10-19-35(31)39-21-11-20-38-34-18-9-7-16-30(34)36(24)32/h3-10,12-19,22-23H,11,20-21H2,1-2H3. The smallest absolute Gasteiger partial charge is 0.127 e.